The third kappa shape index (κ3) is 8.80. The van der Waals surface area contributed by atoms with E-state index in [1.54, 1.807) is 19.0 Å². The molecule has 28 heavy (non-hydrogen) atoms. The van der Waals surface area contributed by atoms with Gasteiger partial charge in [0.05, 0.1) is 0 Å². The van der Waals surface area contributed by atoms with Crippen molar-refractivity contribution in [3.05, 3.63) is 0 Å². The van der Waals surface area contributed by atoms with Crippen molar-refractivity contribution in [1.29, 1.82) is 0 Å². The predicted molar refractivity (Wildman–Crippen MR) is 117 cm³/mol. The van der Waals surface area contributed by atoms with Gasteiger partial charge in [0.25, 0.3) is 0 Å². The van der Waals surface area contributed by atoms with Crippen LogP contribution in [0.25, 0.3) is 0 Å². The number of hydrogen-bond donors (Lipinski definition) is 2. The molecular formula is C20H40N4O3S. The summed E-state index contributed by atoms with van der Waals surface area (Å²) in [7, 11) is 2.80. The summed E-state index contributed by atoms with van der Waals surface area (Å²) >= 11 is 0. The Hall–Kier alpha value is -1.31. The fourth-order valence-corrected chi connectivity index (χ4v) is 4.59. The standard InChI is InChI=1S/C20H40N4O3S/c1-8-28(26)17-11-9-10-16(14-17)23-18(21-6)22-13-12-15(2)24(7)19(25)27-20(3,4)5/h15-17H,8-14H2,1-7H3,(H2,21,22,23). The fraction of sp³-hybridized carbons (Fsp3) is 0.900. The fourth-order valence-electron chi connectivity index (χ4n) is 3.25. The molecule has 0 radical (unpaired) electrons. The van der Waals surface area contributed by atoms with E-state index >= 15 is 0 Å². The first-order chi connectivity index (χ1) is 13.1. The molecule has 0 heterocycles. The minimum absolute atomic E-state index is 0.0477. The van der Waals surface area contributed by atoms with Crippen LogP contribution < -0.4 is 10.6 Å². The average molecular weight is 417 g/mol. The molecule has 1 aliphatic rings. The van der Waals surface area contributed by atoms with Gasteiger partial charge in [0.15, 0.2) is 5.96 Å². The van der Waals surface area contributed by atoms with Gasteiger partial charge in [0.2, 0.25) is 0 Å². The Morgan fingerprint density at radius 1 is 1.36 bits per heavy atom. The Balaban J connectivity index is 2.41. The maximum Gasteiger partial charge on any atom is 0.410 e. The number of hydrogen-bond acceptors (Lipinski definition) is 4. The van der Waals surface area contributed by atoms with E-state index in [1.165, 1.54) is 0 Å². The normalized spacial score (nSPS) is 22.9. The van der Waals surface area contributed by atoms with E-state index in [0.29, 0.717) is 12.6 Å². The Kier molecular flexibility index (Phi) is 10.3. The number of nitrogens with zero attached hydrogens (tertiary/aromatic N) is 2. The van der Waals surface area contributed by atoms with Crippen LogP contribution in [-0.4, -0.2) is 70.5 Å². The highest BCUT2D eigenvalue weighted by molar-refractivity contribution is 7.85. The van der Waals surface area contributed by atoms with Gasteiger partial charge in [-0.25, -0.2) is 4.79 Å². The number of ether oxygens (including phenoxy) is 1. The number of carbonyl (C=O) groups excluding carboxylic acids is 1. The zero-order valence-electron chi connectivity index (χ0n) is 18.7. The summed E-state index contributed by atoms with van der Waals surface area (Å²) in [5.41, 5.74) is -0.491. The van der Waals surface area contributed by atoms with Gasteiger partial charge in [-0.1, -0.05) is 13.3 Å². The third-order valence-corrected chi connectivity index (χ3v) is 6.78. The third-order valence-electron chi connectivity index (χ3n) is 5.04. The zero-order valence-corrected chi connectivity index (χ0v) is 19.5. The van der Waals surface area contributed by atoms with Gasteiger partial charge in [-0.3, -0.25) is 9.20 Å². The second-order valence-electron chi connectivity index (χ2n) is 8.53. The molecule has 0 aromatic rings. The van der Waals surface area contributed by atoms with E-state index in [2.05, 4.69) is 15.6 Å². The van der Waals surface area contributed by atoms with Crippen molar-refractivity contribution in [3.63, 3.8) is 0 Å². The summed E-state index contributed by atoms with van der Waals surface area (Å²) in [6.07, 6.45) is 4.64. The lowest BCUT2D eigenvalue weighted by atomic mass is 9.95. The average Bonchev–Trinajstić information content (AvgIpc) is 2.64. The summed E-state index contributed by atoms with van der Waals surface area (Å²) in [6, 6.07) is 0.355. The Labute approximate surface area is 173 Å². The molecule has 164 valence electrons. The van der Waals surface area contributed by atoms with Gasteiger partial charge < -0.3 is 20.3 Å². The van der Waals surface area contributed by atoms with Crippen LogP contribution in [-0.2, 0) is 15.5 Å². The highest BCUT2D eigenvalue weighted by atomic mass is 32.2. The topological polar surface area (TPSA) is 83.0 Å². The van der Waals surface area contributed by atoms with Crippen LogP contribution in [0.4, 0.5) is 4.79 Å². The summed E-state index contributed by atoms with van der Waals surface area (Å²) < 4.78 is 17.5. The molecule has 0 saturated heterocycles. The van der Waals surface area contributed by atoms with E-state index in [-0.39, 0.29) is 17.4 Å². The number of guanidine groups is 1. The highest BCUT2D eigenvalue weighted by Gasteiger charge is 2.26. The van der Waals surface area contributed by atoms with Crippen molar-refractivity contribution in [2.24, 2.45) is 4.99 Å². The number of amides is 1. The maximum atomic E-state index is 12.1. The molecule has 0 bridgehead atoms. The lowest BCUT2D eigenvalue weighted by Gasteiger charge is -2.31. The summed E-state index contributed by atoms with van der Waals surface area (Å²) in [5.74, 6) is 1.49. The van der Waals surface area contributed by atoms with Crippen molar-refractivity contribution >= 4 is 22.9 Å². The summed E-state index contributed by atoms with van der Waals surface area (Å²) in [4.78, 5) is 18.1. The molecule has 8 heteroatoms. The molecule has 0 spiro atoms. The van der Waals surface area contributed by atoms with Crippen molar-refractivity contribution in [2.75, 3.05) is 26.4 Å². The van der Waals surface area contributed by atoms with Gasteiger partial charge in [0.1, 0.15) is 5.60 Å². The van der Waals surface area contributed by atoms with Crippen LogP contribution >= 0.6 is 0 Å². The van der Waals surface area contributed by atoms with Crippen molar-refractivity contribution < 1.29 is 13.7 Å². The van der Waals surface area contributed by atoms with Crippen LogP contribution in [0.1, 0.15) is 66.7 Å². The number of nitrogens with one attached hydrogen (secondary N) is 2. The van der Waals surface area contributed by atoms with Gasteiger partial charge >= 0.3 is 6.09 Å². The van der Waals surface area contributed by atoms with Crippen molar-refractivity contribution in [2.45, 2.75) is 89.7 Å². The molecule has 1 fully saturated rings. The first-order valence-electron chi connectivity index (χ1n) is 10.4. The first-order valence-corrected chi connectivity index (χ1v) is 11.8. The second kappa shape index (κ2) is 11.6. The Bertz CT molecular complexity index is 548. The van der Waals surface area contributed by atoms with Crippen LogP contribution in [0, 0.1) is 0 Å². The molecule has 2 N–H and O–H groups in total. The molecule has 4 atom stereocenters. The predicted octanol–water partition coefficient (Wildman–Crippen LogP) is 2.88. The minimum Gasteiger partial charge on any atom is -0.444 e. The number of aliphatic imine (C=N–C) groups is 1. The van der Waals surface area contributed by atoms with Gasteiger partial charge in [-0.2, -0.15) is 0 Å². The Morgan fingerprint density at radius 3 is 2.61 bits per heavy atom. The van der Waals surface area contributed by atoms with E-state index in [9.17, 15) is 9.00 Å². The number of rotatable bonds is 7. The largest absolute Gasteiger partial charge is 0.444 e. The van der Waals surface area contributed by atoms with Crippen molar-refractivity contribution in [1.82, 2.24) is 15.5 Å². The molecule has 1 saturated carbocycles. The lowest BCUT2D eigenvalue weighted by Crippen LogP contribution is -2.47. The smallest absolute Gasteiger partial charge is 0.410 e. The lowest BCUT2D eigenvalue weighted by molar-refractivity contribution is 0.0230. The molecule has 0 aliphatic heterocycles. The number of carbonyl (C=O) groups is 1. The van der Waals surface area contributed by atoms with Crippen molar-refractivity contribution in [3.8, 4) is 0 Å². The molecule has 1 rings (SSSR count). The molecule has 1 amide bonds. The van der Waals surface area contributed by atoms with E-state index < -0.39 is 16.4 Å². The Morgan fingerprint density at radius 2 is 2.04 bits per heavy atom. The molecule has 4 unspecified atom stereocenters. The van der Waals surface area contributed by atoms with Crippen LogP contribution in [0.15, 0.2) is 4.99 Å². The van der Waals surface area contributed by atoms with Crippen LogP contribution in [0.5, 0.6) is 0 Å². The molecular weight excluding hydrogens is 376 g/mol. The molecule has 7 nitrogen and oxygen atoms in total. The summed E-state index contributed by atoms with van der Waals surface area (Å²) in [5, 5.41) is 7.09. The van der Waals surface area contributed by atoms with Crippen LogP contribution in [0.3, 0.4) is 0 Å². The molecule has 0 aromatic heterocycles. The second-order valence-corrected chi connectivity index (χ2v) is 10.5. The SMILES string of the molecule is CCS(=O)C1CCCC(NC(=NC)NCCC(C)N(C)C(=O)OC(C)(C)C)C1. The monoisotopic (exact) mass is 416 g/mol. The van der Waals surface area contributed by atoms with E-state index in [4.69, 9.17) is 4.74 Å². The van der Waals surface area contributed by atoms with E-state index in [1.807, 2.05) is 34.6 Å². The quantitative estimate of drug-likeness (QED) is 0.492. The zero-order chi connectivity index (χ0) is 21.3. The van der Waals surface area contributed by atoms with Crippen LogP contribution in [0.2, 0.25) is 0 Å². The first kappa shape index (κ1) is 24.7. The van der Waals surface area contributed by atoms with E-state index in [0.717, 1.165) is 43.8 Å². The maximum absolute atomic E-state index is 12.1. The minimum atomic E-state index is -0.729. The molecule has 1 aliphatic carbocycles. The summed E-state index contributed by atoms with van der Waals surface area (Å²) in [6.45, 7) is 10.3. The highest BCUT2D eigenvalue weighted by Crippen LogP contribution is 2.23. The van der Waals surface area contributed by atoms with Gasteiger partial charge in [-0.15, -0.1) is 0 Å². The van der Waals surface area contributed by atoms with Gasteiger partial charge in [0, 0.05) is 54.5 Å². The molecule has 0 aromatic carbocycles. The van der Waals surface area contributed by atoms with Gasteiger partial charge in [-0.05, 0) is 53.4 Å².